The van der Waals surface area contributed by atoms with Crippen LogP contribution in [0.1, 0.15) is 6.92 Å². The van der Waals surface area contributed by atoms with E-state index in [1.165, 1.54) is 0 Å². The van der Waals surface area contributed by atoms with Crippen molar-refractivity contribution < 1.29 is 5.11 Å². The van der Waals surface area contributed by atoms with Gasteiger partial charge in [0.1, 0.15) is 0 Å². The van der Waals surface area contributed by atoms with Crippen LogP contribution in [0, 0.1) is 0 Å². The molecule has 1 aromatic heterocycles. The van der Waals surface area contributed by atoms with E-state index in [4.69, 9.17) is 5.11 Å². The van der Waals surface area contributed by atoms with Crippen LogP contribution in [0.15, 0.2) is 27.8 Å². The highest BCUT2D eigenvalue weighted by Gasteiger charge is 1.98. The molecule has 66 valence electrons. The maximum atomic E-state index is 9.01. The van der Waals surface area contributed by atoms with Gasteiger partial charge >= 0.3 is 0 Å². The first-order valence-electron chi connectivity index (χ1n) is 3.61. The predicted octanol–water partition coefficient (Wildman–Crippen LogP) is 2.32. The lowest BCUT2D eigenvalue weighted by Crippen LogP contribution is -2.02. The second-order valence-electron chi connectivity index (χ2n) is 2.47. The third-order valence-electron chi connectivity index (χ3n) is 1.17. The molecule has 1 unspecified atom stereocenters. The molecule has 0 aromatic carbocycles. The minimum Gasteiger partial charge on any atom is -0.393 e. The zero-order chi connectivity index (χ0) is 8.97. The van der Waals surface area contributed by atoms with E-state index in [2.05, 4.69) is 20.9 Å². The topological polar surface area (TPSA) is 33.1 Å². The van der Waals surface area contributed by atoms with Gasteiger partial charge in [0.25, 0.3) is 0 Å². The number of hydrogen-bond donors (Lipinski definition) is 1. The Labute approximate surface area is 84.5 Å². The van der Waals surface area contributed by atoms with Gasteiger partial charge < -0.3 is 5.11 Å². The Bertz CT molecular complexity index is 237. The Hall–Kier alpha value is -0.0600. The highest BCUT2D eigenvalue weighted by Crippen LogP contribution is 2.17. The van der Waals surface area contributed by atoms with Gasteiger partial charge in [-0.2, -0.15) is 0 Å². The van der Waals surface area contributed by atoms with Crippen LogP contribution < -0.4 is 0 Å². The first kappa shape index (κ1) is 10.0. The molecule has 0 saturated carbocycles. The summed E-state index contributed by atoms with van der Waals surface area (Å²) < 4.78 is 0.976. The second-order valence-corrected chi connectivity index (χ2v) is 4.43. The molecule has 12 heavy (non-hydrogen) atoms. The molecule has 1 rings (SSSR count). The van der Waals surface area contributed by atoms with Crippen molar-refractivity contribution in [3.05, 3.63) is 22.8 Å². The molecule has 0 aliphatic carbocycles. The summed E-state index contributed by atoms with van der Waals surface area (Å²) >= 11 is 4.86. The van der Waals surface area contributed by atoms with Crippen LogP contribution >= 0.6 is 27.7 Å². The summed E-state index contributed by atoms with van der Waals surface area (Å²) in [4.78, 5) is 4.16. The van der Waals surface area contributed by atoms with Gasteiger partial charge in [-0.1, -0.05) is 0 Å². The molecular formula is C8H10BrNOS. The number of nitrogens with zero attached hydrogens (tertiary/aromatic N) is 1. The number of aromatic nitrogens is 1. The highest BCUT2D eigenvalue weighted by molar-refractivity contribution is 9.10. The molecule has 0 radical (unpaired) electrons. The number of thioether (sulfide) groups is 1. The molecule has 0 saturated heterocycles. The van der Waals surface area contributed by atoms with Gasteiger partial charge in [-0.15, -0.1) is 11.8 Å². The SMILES string of the molecule is CC(O)CSc1ccc(Br)cn1. The molecule has 1 atom stereocenters. The summed E-state index contributed by atoms with van der Waals surface area (Å²) in [7, 11) is 0. The van der Waals surface area contributed by atoms with Gasteiger partial charge in [0, 0.05) is 16.4 Å². The average Bonchev–Trinajstić information content (AvgIpc) is 2.03. The average molecular weight is 248 g/mol. The van der Waals surface area contributed by atoms with Crippen molar-refractivity contribution in [3.8, 4) is 0 Å². The maximum absolute atomic E-state index is 9.01. The minimum atomic E-state index is -0.277. The summed E-state index contributed by atoms with van der Waals surface area (Å²) in [5, 5.41) is 9.95. The summed E-state index contributed by atoms with van der Waals surface area (Å²) in [6, 6.07) is 3.87. The van der Waals surface area contributed by atoms with Crippen molar-refractivity contribution in [2.24, 2.45) is 0 Å². The molecule has 0 aliphatic rings. The summed E-state index contributed by atoms with van der Waals surface area (Å²) in [6.07, 6.45) is 1.48. The fraction of sp³-hybridized carbons (Fsp3) is 0.375. The molecule has 0 spiro atoms. The van der Waals surface area contributed by atoms with Gasteiger partial charge in [-0.3, -0.25) is 0 Å². The van der Waals surface area contributed by atoms with E-state index < -0.39 is 0 Å². The smallest absolute Gasteiger partial charge is 0.0961 e. The molecular weight excluding hydrogens is 238 g/mol. The van der Waals surface area contributed by atoms with Gasteiger partial charge in [0.2, 0.25) is 0 Å². The molecule has 1 N–H and O–H groups in total. The zero-order valence-electron chi connectivity index (χ0n) is 6.70. The van der Waals surface area contributed by atoms with Crippen molar-refractivity contribution in [3.63, 3.8) is 0 Å². The van der Waals surface area contributed by atoms with Gasteiger partial charge in [-0.05, 0) is 35.0 Å². The van der Waals surface area contributed by atoms with E-state index in [1.54, 1.807) is 24.9 Å². The van der Waals surface area contributed by atoms with Crippen LogP contribution in [-0.2, 0) is 0 Å². The molecule has 1 heterocycles. The summed E-state index contributed by atoms with van der Waals surface area (Å²) in [6.45, 7) is 1.77. The van der Waals surface area contributed by atoms with E-state index in [9.17, 15) is 0 Å². The third-order valence-corrected chi connectivity index (χ3v) is 2.83. The van der Waals surface area contributed by atoms with Gasteiger partial charge in [-0.25, -0.2) is 4.98 Å². The Morgan fingerprint density at radius 3 is 2.92 bits per heavy atom. The van der Waals surface area contributed by atoms with Crippen LogP contribution in [0.25, 0.3) is 0 Å². The first-order chi connectivity index (χ1) is 5.68. The van der Waals surface area contributed by atoms with Crippen LogP contribution in [0.3, 0.4) is 0 Å². The van der Waals surface area contributed by atoms with E-state index in [1.807, 2.05) is 12.1 Å². The summed E-state index contributed by atoms with van der Waals surface area (Å²) in [5.74, 6) is 0.689. The van der Waals surface area contributed by atoms with Gasteiger partial charge in [0.05, 0.1) is 11.1 Å². The van der Waals surface area contributed by atoms with Crippen LogP contribution in [0.4, 0.5) is 0 Å². The normalized spacial score (nSPS) is 12.9. The molecule has 4 heteroatoms. The van der Waals surface area contributed by atoms with Crippen LogP contribution in [0.5, 0.6) is 0 Å². The first-order valence-corrected chi connectivity index (χ1v) is 5.39. The Balaban J connectivity index is 2.48. The second kappa shape index (κ2) is 4.84. The van der Waals surface area contributed by atoms with Crippen molar-refractivity contribution in [1.82, 2.24) is 4.98 Å². The fourth-order valence-corrected chi connectivity index (χ4v) is 1.59. The molecule has 0 bridgehead atoms. The van der Waals surface area contributed by atoms with Gasteiger partial charge in [0.15, 0.2) is 0 Å². The van der Waals surface area contributed by atoms with E-state index in [-0.39, 0.29) is 6.10 Å². The Morgan fingerprint density at radius 1 is 1.67 bits per heavy atom. The van der Waals surface area contributed by atoms with Crippen LogP contribution in [-0.4, -0.2) is 21.9 Å². The molecule has 0 aliphatic heterocycles. The largest absolute Gasteiger partial charge is 0.393 e. The van der Waals surface area contributed by atoms with Crippen molar-refractivity contribution in [2.75, 3.05) is 5.75 Å². The molecule has 1 aromatic rings. The molecule has 2 nitrogen and oxygen atoms in total. The quantitative estimate of drug-likeness (QED) is 0.833. The number of halogens is 1. The lowest BCUT2D eigenvalue weighted by Gasteiger charge is -2.02. The van der Waals surface area contributed by atoms with Crippen molar-refractivity contribution in [1.29, 1.82) is 0 Å². The Morgan fingerprint density at radius 2 is 2.42 bits per heavy atom. The standard InChI is InChI=1S/C8H10BrNOS/c1-6(11)5-12-8-3-2-7(9)4-10-8/h2-4,6,11H,5H2,1H3. The van der Waals surface area contributed by atoms with E-state index >= 15 is 0 Å². The van der Waals surface area contributed by atoms with Crippen molar-refractivity contribution >= 4 is 27.7 Å². The summed E-state index contributed by atoms with van der Waals surface area (Å²) in [5.41, 5.74) is 0. The van der Waals surface area contributed by atoms with E-state index in [0.717, 1.165) is 9.50 Å². The number of aliphatic hydroxyl groups excluding tert-OH is 1. The Kier molecular flexibility index (Phi) is 4.05. The molecule has 0 fully saturated rings. The fourth-order valence-electron chi connectivity index (χ4n) is 0.654. The number of hydrogen-bond acceptors (Lipinski definition) is 3. The lowest BCUT2D eigenvalue weighted by atomic mass is 10.5. The monoisotopic (exact) mass is 247 g/mol. The van der Waals surface area contributed by atoms with E-state index in [0.29, 0.717) is 5.75 Å². The predicted molar refractivity (Wildman–Crippen MR) is 54.3 cm³/mol. The number of pyridine rings is 1. The number of rotatable bonds is 3. The number of aliphatic hydroxyl groups is 1. The third kappa shape index (κ3) is 3.56. The molecule has 0 amide bonds. The maximum Gasteiger partial charge on any atom is 0.0961 e. The van der Waals surface area contributed by atoms with Crippen LogP contribution in [0.2, 0.25) is 0 Å². The van der Waals surface area contributed by atoms with Crippen molar-refractivity contribution in [2.45, 2.75) is 18.1 Å². The zero-order valence-corrected chi connectivity index (χ0v) is 9.10. The minimum absolute atomic E-state index is 0.277. The highest BCUT2D eigenvalue weighted by atomic mass is 79.9. The lowest BCUT2D eigenvalue weighted by molar-refractivity contribution is 0.220.